The quantitative estimate of drug-likeness (QED) is 0.897. The van der Waals surface area contributed by atoms with E-state index in [4.69, 9.17) is 0 Å². The molecule has 3 rings (SSSR count). The van der Waals surface area contributed by atoms with Gasteiger partial charge in [-0.2, -0.15) is 4.31 Å². The van der Waals surface area contributed by atoms with Crippen molar-refractivity contribution < 1.29 is 22.0 Å². The average molecular weight is 369 g/mol. The van der Waals surface area contributed by atoms with E-state index >= 15 is 0 Å². The molecule has 1 fully saturated rings. The lowest BCUT2D eigenvalue weighted by atomic mass is 10.3. The van der Waals surface area contributed by atoms with Crippen molar-refractivity contribution in [3.8, 4) is 0 Å². The molecule has 1 aromatic carbocycles. The smallest absolute Gasteiger partial charge is 0.270 e. The van der Waals surface area contributed by atoms with Crippen molar-refractivity contribution in [3.63, 3.8) is 0 Å². The van der Waals surface area contributed by atoms with Crippen LogP contribution in [0.4, 0.5) is 8.78 Å². The number of carbonyl (C=O) groups excluding carboxylic acids is 1. The third-order valence-electron chi connectivity index (χ3n) is 4.08. The number of rotatable bonds is 3. The average Bonchev–Trinajstić information content (AvgIpc) is 3.00. The van der Waals surface area contributed by atoms with E-state index in [9.17, 15) is 22.0 Å². The van der Waals surface area contributed by atoms with Crippen LogP contribution in [0.25, 0.3) is 0 Å². The number of nitrogens with one attached hydrogen (secondary N) is 1. The number of hydrogen-bond donors (Lipinski definition) is 1. The van der Waals surface area contributed by atoms with Crippen molar-refractivity contribution in [1.82, 2.24) is 14.2 Å². The molecule has 1 aromatic heterocycles. The Morgan fingerprint density at radius 3 is 2.60 bits per heavy atom. The number of benzene rings is 1. The van der Waals surface area contributed by atoms with Crippen LogP contribution in [0, 0.1) is 11.6 Å². The van der Waals surface area contributed by atoms with Gasteiger partial charge in [-0.3, -0.25) is 4.79 Å². The predicted octanol–water partition coefficient (Wildman–Crippen LogP) is 1.83. The van der Waals surface area contributed by atoms with E-state index in [0.717, 1.165) is 16.4 Å². The first-order valence-corrected chi connectivity index (χ1v) is 9.21. The second-order valence-electron chi connectivity index (χ2n) is 5.71. The highest BCUT2D eigenvalue weighted by atomic mass is 32.2. The second-order valence-corrected chi connectivity index (χ2v) is 7.61. The third kappa shape index (κ3) is 3.57. The number of hydrogen-bond acceptors (Lipinski definition) is 3. The van der Waals surface area contributed by atoms with Crippen LogP contribution in [-0.2, 0) is 10.0 Å². The first kappa shape index (κ1) is 17.6. The van der Waals surface area contributed by atoms with Gasteiger partial charge in [-0.05, 0) is 36.8 Å². The van der Waals surface area contributed by atoms with Gasteiger partial charge in [0.1, 0.15) is 22.2 Å². The first-order valence-electron chi connectivity index (χ1n) is 7.77. The number of H-pyrrole nitrogens is 1. The van der Waals surface area contributed by atoms with E-state index in [1.165, 1.54) is 0 Å². The number of halogens is 2. The molecule has 6 nitrogen and oxygen atoms in total. The molecule has 1 aliphatic heterocycles. The number of aromatic amines is 1. The molecular weight excluding hydrogens is 352 g/mol. The standard InChI is InChI=1S/C16H17F2N3O3S/c17-12-4-5-13(18)15(11-12)25(23,24)21-8-2-7-20(9-10-21)16(22)14-3-1-6-19-14/h1,3-6,11,19H,2,7-10H2. The van der Waals surface area contributed by atoms with Crippen LogP contribution in [-0.4, -0.2) is 54.7 Å². The van der Waals surface area contributed by atoms with Crippen molar-refractivity contribution in [2.75, 3.05) is 26.2 Å². The molecule has 1 saturated heterocycles. The van der Waals surface area contributed by atoms with Gasteiger partial charge in [0, 0.05) is 32.4 Å². The number of carbonyl (C=O) groups is 1. The van der Waals surface area contributed by atoms with Gasteiger partial charge in [-0.25, -0.2) is 17.2 Å². The van der Waals surface area contributed by atoms with Gasteiger partial charge in [0.25, 0.3) is 5.91 Å². The Kier molecular flexibility index (Phi) is 4.87. The Morgan fingerprint density at radius 1 is 1.08 bits per heavy atom. The number of amides is 1. The molecule has 25 heavy (non-hydrogen) atoms. The third-order valence-corrected chi connectivity index (χ3v) is 6.00. The zero-order valence-electron chi connectivity index (χ0n) is 13.3. The lowest BCUT2D eigenvalue weighted by molar-refractivity contribution is 0.0759. The van der Waals surface area contributed by atoms with E-state index < -0.39 is 26.6 Å². The number of aromatic nitrogens is 1. The summed E-state index contributed by atoms with van der Waals surface area (Å²) in [6.45, 7) is 0.709. The second kappa shape index (κ2) is 6.93. The van der Waals surface area contributed by atoms with Gasteiger partial charge in [-0.1, -0.05) is 0 Å². The van der Waals surface area contributed by atoms with Crippen LogP contribution in [0.1, 0.15) is 16.9 Å². The molecule has 0 bridgehead atoms. The Morgan fingerprint density at radius 2 is 1.88 bits per heavy atom. The fourth-order valence-corrected chi connectivity index (χ4v) is 4.33. The summed E-state index contributed by atoms with van der Waals surface area (Å²) in [4.78, 5) is 16.0. The summed E-state index contributed by atoms with van der Waals surface area (Å²) in [5.41, 5.74) is 0.424. The minimum Gasteiger partial charge on any atom is -0.357 e. The highest BCUT2D eigenvalue weighted by molar-refractivity contribution is 7.89. The molecule has 0 radical (unpaired) electrons. The van der Waals surface area contributed by atoms with Crippen molar-refractivity contribution in [2.24, 2.45) is 0 Å². The van der Waals surface area contributed by atoms with Crippen LogP contribution in [0.5, 0.6) is 0 Å². The molecule has 0 spiro atoms. The summed E-state index contributed by atoms with van der Waals surface area (Å²) in [5, 5.41) is 0. The maximum atomic E-state index is 13.9. The van der Waals surface area contributed by atoms with Crippen molar-refractivity contribution in [2.45, 2.75) is 11.3 Å². The van der Waals surface area contributed by atoms with Crippen LogP contribution < -0.4 is 0 Å². The van der Waals surface area contributed by atoms with E-state index in [0.29, 0.717) is 24.7 Å². The molecular formula is C16H17F2N3O3S. The van der Waals surface area contributed by atoms with Gasteiger partial charge in [-0.15, -0.1) is 0 Å². The molecule has 134 valence electrons. The minimum atomic E-state index is -4.17. The van der Waals surface area contributed by atoms with Crippen LogP contribution in [0.2, 0.25) is 0 Å². The minimum absolute atomic E-state index is 0.0186. The van der Waals surface area contributed by atoms with Crippen molar-refractivity contribution in [3.05, 3.63) is 53.9 Å². The maximum absolute atomic E-state index is 13.9. The van der Waals surface area contributed by atoms with E-state index in [2.05, 4.69) is 4.98 Å². The van der Waals surface area contributed by atoms with E-state index in [1.807, 2.05) is 0 Å². The summed E-state index contributed by atoms with van der Waals surface area (Å²) in [6, 6.07) is 5.68. The largest absolute Gasteiger partial charge is 0.357 e. The summed E-state index contributed by atoms with van der Waals surface area (Å²) < 4.78 is 53.6. The predicted molar refractivity (Wildman–Crippen MR) is 86.4 cm³/mol. The SMILES string of the molecule is O=C(c1ccc[nH]1)N1CCCN(S(=O)(=O)c2cc(F)ccc2F)CC1. The fourth-order valence-electron chi connectivity index (χ4n) is 2.78. The zero-order chi connectivity index (χ0) is 18.0. The first-order chi connectivity index (χ1) is 11.9. The van der Waals surface area contributed by atoms with E-state index in [-0.39, 0.29) is 25.5 Å². The highest BCUT2D eigenvalue weighted by Crippen LogP contribution is 2.22. The normalized spacial score (nSPS) is 16.6. The van der Waals surface area contributed by atoms with Crippen LogP contribution in [0.15, 0.2) is 41.4 Å². The molecule has 2 heterocycles. The Balaban J connectivity index is 1.78. The molecule has 1 amide bonds. The summed E-state index contributed by atoms with van der Waals surface area (Å²) >= 11 is 0. The van der Waals surface area contributed by atoms with Gasteiger partial charge in [0.2, 0.25) is 10.0 Å². The number of sulfonamides is 1. The molecule has 0 aliphatic carbocycles. The topological polar surface area (TPSA) is 73.5 Å². The summed E-state index contributed by atoms with van der Waals surface area (Å²) in [6.07, 6.45) is 2.04. The molecule has 1 N–H and O–H groups in total. The lowest BCUT2D eigenvalue weighted by Crippen LogP contribution is -2.37. The Labute approximate surface area is 144 Å². The Hall–Kier alpha value is -2.26. The molecule has 9 heteroatoms. The molecule has 0 saturated carbocycles. The molecule has 0 atom stereocenters. The molecule has 0 unspecified atom stereocenters. The van der Waals surface area contributed by atoms with Gasteiger partial charge in [0.15, 0.2) is 0 Å². The fraction of sp³-hybridized carbons (Fsp3) is 0.312. The van der Waals surface area contributed by atoms with Crippen molar-refractivity contribution >= 4 is 15.9 Å². The van der Waals surface area contributed by atoms with E-state index in [1.54, 1.807) is 23.2 Å². The van der Waals surface area contributed by atoms with Gasteiger partial charge in [0.05, 0.1) is 0 Å². The van der Waals surface area contributed by atoms with Crippen molar-refractivity contribution in [1.29, 1.82) is 0 Å². The monoisotopic (exact) mass is 369 g/mol. The Bertz CT molecular complexity index is 869. The molecule has 2 aromatic rings. The molecule has 1 aliphatic rings. The highest BCUT2D eigenvalue weighted by Gasteiger charge is 2.31. The van der Waals surface area contributed by atoms with Gasteiger partial charge < -0.3 is 9.88 Å². The van der Waals surface area contributed by atoms with Gasteiger partial charge >= 0.3 is 0 Å². The summed E-state index contributed by atoms with van der Waals surface area (Å²) in [7, 11) is -4.17. The summed E-state index contributed by atoms with van der Waals surface area (Å²) in [5.74, 6) is -2.04. The lowest BCUT2D eigenvalue weighted by Gasteiger charge is -2.21. The zero-order valence-corrected chi connectivity index (χ0v) is 14.1. The number of nitrogens with zero attached hydrogens (tertiary/aromatic N) is 2. The maximum Gasteiger partial charge on any atom is 0.270 e. The van der Waals surface area contributed by atoms with Crippen LogP contribution >= 0.6 is 0 Å². The van der Waals surface area contributed by atoms with Crippen LogP contribution in [0.3, 0.4) is 0 Å².